The summed E-state index contributed by atoms with van der Waals surface area (Å²) in [6.07, 6.45) is 5.69. The summed E-state index contributed by atoms with van der Waals surface area (Å²) in [6.45, 7) is 7.39. The number of hydrogen-bond acceptors (Lipinski definition) is 3. The highest BCUT2D eigenvalue weighted by molar-refractivity contribution is 4.88. The average molecular weight is 225 g/mol. The third kappa shape index (κ3) is 3.61. The molecule has 16 heavy (non-hydrogen) atoms. The molecular weight excluding hydrogens is 202 g/mol. The molecule has 1 aromatic rings. The van der Waals surface area contributed by atoms with Crippen LogP contribution < -0.4 is 5.32 Å². The highest BCUT2D eigenvalue weighted by atomic mass is 16.3. The average Bonchev–Trinajstić information content (AvgIpc) is 2.80. The van der Waals surface area contributed by atoms with Gasteiger partial charge in [-0.05, 0) is 39.3 Å². The van der Waals surface area contributed by atoms with Crippen molar-refractivity contribution in [2.24, 2.45) is 0 Å². The smallest absolute Gasteiger partial charge is 0.0611 e. The maximum absolute atomic E-state index is 9.47. The third-order valence-electron chi connectivity index (χ3n) is 2.87. The SMILES string of the molecule is CCCNC(C)(CO)CC(C)n1cccn1. The van der Waals surface area contributed by atoms with Crippen LogP contribution in [0.25, 0.3) is 0 Å². The molecular formula is C12H23N3O. The van der Waals surface area contributed by atoms with Crippen molar-refractivity contribution < 1.29 is 5.11 Å². The Labute approximate surface area is 97.7 Å². The number of nitrogens with one attached hydrogen (secondary N) is 1. The van der Waals surface area contributed by atoms with Crippen molar-refractivity contribution in [1.82, 2.24) is 15.1 Å². The molecule has 0 saturated heterocycles. The van der Waals surface area contributed by atoms with Crippen LogP contribution in [-0.4, -0.2) is 33.6 Å². The second-order valence-electron chi connectivity index (χ2n) is 4.68. The van der Waals surface area contributed by atoms with Gasteiger partial charge in [0.2, 0.25) is 0 Å². The topological polar surface area (TPSA) is 50.1 Å². The van der Waals surface area contributed by atoms with E-state index in [1.54, 1.807) is 6.20 Å². The molecule has 0 amide bonds. The van der Waals surface area contributed by atoms with Crippen LogP contribution in [0.1, 0.15) is 39.7 Å². The predicted molar refractivity (Wildman–Crippen MR) is 65.3 cm³/mol. The first-order valence-corrected chi connectivity index (χ1v) is 5.96. The van der Waals surface area contributed by atoms with Gasteiger partial charge >= 0.3 is 0 Å². The summed E-state index contributed by atoms with van der Waals surface area (Å²) in [6, 6.07) is 2.21. The van der Waals surface area contributed by atoms with E-state index in [2.05, 4.69) is 31.2 Å². The molecule has 2 N–H and O–H groups in total. The van der Waals surface area contributed by atoms with Crippen molar-refractivity contribution in [2.45, 2.75) is 45.2 Å². The molecule has 92 valence electrons. The summed E-state index contributed by atoms with van der Waals surface area (Å²) in [5, 5.41) is 17.1. The monoisotopic (exact) mass is 225 g/mol. The Balaban J connectivity index is 2.55. The molecule has 4 heteroatoms. The van der Waals surface area contributed by atoms with Gasteiger partial charge in [0.1, 0.15) is 0 Å². The number of nitrogens with zero attached hydrogens (tertiary/aromatic N) is 2. The molecule has 2 unspecified atom stereocenters. The highest BCUT2D eigenvalue weighted by Crippen LogP contribution is 2.19. The molecule has 0 radical (unpaired) electrons. The molecule has 0 saturated carbocycles. The summed E-state index contributed by atoms with van der Waals surface area (Å²) < 4.78 is 1.93. The van der Waals surface area contributed by atoms with E-state index in [0.717, 1.165) is 19.4 Å². The maximum Gasteiger partial charge on any atom is 0.0611 e. The molecule has 0 spiro atoms. The van der Waals surface area contributed by atoms with Gasteiger partial charge in [-0.15, -0.1) is 0 Å². The normalized spacial score (nSPS) is 17.0. The Morgan fingerprint density at radius 3 is 2.81 bits per heavy atom. The van der Waals surface area contributed by atoms with Crippen molar-refractivity contribution in [1.29, 1.82) is 0 Å². The van der Waals surface area contributed by atoms with E-state index in [1.807, 2.05) is 16.9 Å². The number of rotatable bonds is 7. The molecule has 1 aromatic heterocycles. The minimum atomic E-state index is -0.221. The molecule has 0 aliphatic heterocycles. The standard InChI is InChI=1S/C12H23N3O/c1-4-6-13-12(3,10-16)9-11(2)15-8-5-7-14-15/h5,7-8,11,13,16H,4,6,9-10H2,1-3H3. The lowest BCUT2D eigenvalue weighted by atomic mass is 9.94. The second-order valence-corrected chi connectivity index (χ2v) is 4.68. The number of aromatic nitrogens is 2. The van der Waals surface area contributed by atoms with E-state index in [-0.39, 0.29) is 18.2 Å². The van der Waals surface area contributed by atoms with Crippen LogP contribution in [0, 0.1) is 0 Å². The fraction of sp³-hybridized carbons (Fsp3) is 0.750. The van der Waals surface area contributed by atoms with Crippen LogP contribution in [0.5, 0.6) is 0 Å². The van der Waals surface area contributed by atoms with E-state index in [1.165, 1.54) is 0 Å². The summed E-state index contributed by atoms with van der Waals surface area (Å²) in [7, 11) is 0. The van der Waals surface area contributed by atoms with Gasteiger partial charge in [0.15, 0.2) is 0 Å². The van der Waals surface area contributed by atoms with Gasteiger partial charge in [0.05, 0.1) is 12.6 Å². The summed E-state index contributed by atoms with van der Waals surface area (Å²) in [5.41, 5.74) is -0.221. The molecule has 4 nitrogen and oxygen atoms in total. The van der Waals surface area contributed by atoms with Crippen LogP contribution in [0.4, 0.5) is 0 Å². The summed E-state index contributed by atoms with van der Waals surface area (Å²) in [4.78, 5) is 0. The molecule has 0 aliphatic carbocycles. The van der Waals surface area contributed by atoms with Crippen LogP contribution >= 0.6 is 0 Å². The molecule has 0 bridgehead atoms. The summed E-state index contributed by atoms with van der Waals surface area (Å²) in [5.74, 6) is 0. The van der Waals surface area contributed by atoms with Crippen molar-refractivity contribution in [3.8, 4) is 0 Å². The fourth-order valence-electron chi connectivity index (χ4n) is 1.91. The first-order valence-electron chi connectivity index (χ1n) is 5.96. The zero-order chi connectivity index (χ0) is 12.0. The van der Waals surface area contributed by atoms with Crippen molar-refractivity contribution in [3.63, 3.8) is 0 Å². The quantitative estimate of drug-likeness (QED) is 0.741. The minimum Gasteiger partial charge on any atom is -0.394 e. The Kier molecular flexibility index (Phi) is 4.96. The lowest BCUT2D eigenvalue weighted by Gasteiger charge is -2.31. The van der Waals surface area contributed by atoms with Crippen molar-refractivity contribution >= 4 is 0 Å². The van der Waals surface area contributed by atoms with Crippen molar-refractivity contribution in [2.75, 3.05) is 13.2 Å². The highest BCUT2D eigenvalue weighted by Gasteiger charge is 2.25. The van der Waals surface area contributed by atoms with Crippen LogP contribution in [0.3, 0.4) is 0 Å². The molecule has 2 atom stereocenters. The van der Waals surface area contributed by atoms with E-state index in [9.17, 15) is 5.11 Å². The minimum absolute atomic E-state index is 0.151. The molecule has 1 heterocycles. The molecule has 0 aliphatic rings. The van der Waals surface area contributed by atoms with Crippen LogP contribution in [0.2, 0.25) is 0 Å². The van der Waals surface area contributed by atoms with Gasteiger partial charge < -0.3 is 10.4 Å². The predicted octanol–water partition coefficient (Wildman–Crippen LogP) is 1.58. The Bertz CT molecular complexity index is 286. The van der Waals surface area contributed by atoms with Crippen LogP contribution in [0.15, 0.2) is 18.5 Å². The third-order valence-corrected chi connectivity index (χ3v) is 2.87. The largest absolute Gasteiger partial charge is 0.394 e. The van der Waals surface area contributed by atoms with Crippen LogP contribution in [-0.2, 0) is 0 Å². The van der Waals surface area contributed by atoms with E-state index in [0.29, 0.717) is 0 Å². The van der Waals surface area contributed by atoms with Gasteiger partial charge in [-0.1, -0.05) is 6.92 Å². The number of aliphatic hydroxyl groups excluding tert-OH is 1. The molecule has 0 aromatic carbocycles. The molecule has 0 fully saturated rings. The zero-order valence-corrected chi connectivity index (χ0v) is 10.5. The van der Waals surface area contributed by atoms with Gasteiger partial charge in [-0.25, -0.2) is 0 Å². The number of aliphatic hydroxyl groups is 1. The molecule has 1 rings (SSSR count). The van der Waals surface area contributed by atoms with Gasteiger partial charge in [0, 0.05) is 17.9 Å². The van der Waals surface area contributed by atoms with Gasteiger partial charge in [-0.3, -0.25) is 4.68 Å². The van der Waals surface area contributed by atoms with E-state index >= 15 is 0 Å². The fourth-order valence-corrected chi connectivity index (χ4v) is 1.91. The lowest BCUT2D eigenvalue weighted by molar-refractivity contribution is 0.149. The Morgan fingerprint density at radius 2 is 2.31 bits per heavy atom. The second kappa shape index (κ2) is 6.01. The number of hydrogen-bond donors (Lipinski definition) is 2. The van der Waals surface area contributed by atoms with E-state index in [4.69, 9.17) is 0 Å². The van der Waals surface area contributed by atoms with Crippen molar-refractivity contribution in [3.05, 3.63) is 18.5 Å². The Morgan fingerprint density at radius 1 is 1.56 bits per heavy atom. The maximum atomic E-state index is 9.47. The first-order chi connectivity index (χ1) is 7.61. The lowest BCUT2D eigenvalue weighted by Crippen LogP contribution is -2.47. The van der Waals surface area contributed by atoms with Gasteiger partial charge in [-0.2, -0.15) is 5.10 Å². The van der Waals surface area contributed by atoms with Gasteiger partial charge in [0.25, 0.3) is 0 Å². The zero-order valence-electron chi connectivity index (χ0n) is 10.5. The van der Waals surface area contributed by atoms with E-state index < -0.39 is 0 Å². The summed E-state index contributed by atoms with van der Waals surface area (Å²) >= 11 is 0. The Hall–Kier alpha value is -0.870. The first kappa shape index (κ1) is 13.2.